The number of nitrogens with one attached hydrogen (secondary N) is 1. The van der Waals surface area contributed by atoms with Gasteiger partial charge in [0, 0.05) is 16.6 Å². The Morgan fingerprint density at radius 1 is 1.30 bits per heavy atom. The first kappa shape index (κ1) is 17.4. The van der Waals surface area contributed by atoms with Gasteiger partial charge in [-0.3, -0.25) is 0 Å². The summed E-state index contributed by atoms with van der Waals surface area (Å²) < 4.78 is 33.2. The maximum atomic E-state index is 13.7. The standard InChI is InChI=1S/C15H22BrF2NO/c1-5-6-11(9-19-15(2,3)4)20-13-8-10(16)7-12(17)14(13)18/h7-8,11,19H,5-6,9H2,1-4H3. The highest BCUT2D eigenvalue weighted by atomic mass is 79.9. The fraction of sp³-hybridized carbons (Fsp3) is 0.600. The number of hydrogen-bond acceptors (Lipinski definition) is 2. The SMILES string of the molecule is CCCC(CNC(C)(C)C)Oc1cc(Br)cc(F)c1F. The Hall–Kier alpha value is -0.680. The fourth-order valence-electron chi connectivity index (χ4n) is 1.74. The Balaban J connectivity index is 2.80. The third-order valence-electron chi connectivity index (χ3n) is 2.72. The molecule has 1 rings (SSSR count). The Labute approximate surface area is 128 Å². The van der Waals surface area contributed by atoms with Crippen molar-refractivity contribution in [3.05, 3.63) is 28.2 Å². The van der Waals surface area contributed by atoms with Crippen LogP contribution in [-0.4, -0.2) is 18.2 Å². The van der Waals surface area contributed by atoms with Crippen molar-refractivity contribution in [2.75, 3.05) is 6.54 Å². The van der Waals surface area contributed by atoms with Crippen molar-refractivity contribution in [2.45, 2.75) is 52.2 Å². The quantitative estimate of drug-likeness (QED) is 0.754. The molecule has 0 fully saturated rings. The van der Waals surface area contributed by atoms with Gasteiger partial charge in [-0.05, 0) is 39.3 Å². The molecule has 0 aromatic heterocycles. The summed E-state index contributed by atoms with van der Waals surface area (Å²) >= 11 is 3.14. The minimum atomic E-state index is -0.940. The van der Waals surface area contributed by atoms with E-state index in [1.165, 1.54) is 6.07 Å². The first-order chi connectivity index (χ1) is 9.23. The van der Waals surface area contributed by atoms with Crippen LogP contribution in [0.5, 0.6) is 5.75 Å². The third-order valence-corrected chi connectivity index (χ3v) is 3.18. The summed E-state index contributed by atoms with van der Waals surface area (Å²) in [6.45, 7) is 8.77. The molecule has 0 saturated carbocycles. The average molecular weight is 350 g/mol. The minimum Gasteiger partial charge on any atom is -0.486 e. The van der Waals surface area contributed by atoms with Gasteiger partial charge in [0.1, 0.15) is 6.10 Å². The molecule has 2 nitrogen and oxygen atoms in total. The van der Waals surface area contributed by atoms with E-state index >= 15 is 0 Å². The van der Waals surface area contributed by atoms with E-state index in [4.69, 9.17) is 4.74 Å². The zero-order valence-corrected chi connectivity index (χ0v) is 14.0. The number of hydrogen-bond donors (Lipinski definition) is 1. The summed E-state index contributed by atoms with van der Waals surface area (Å²) in [5, 5.41) is 3.32. The number of benzene rings is 1. The predicted molar refractivity (Wildman–Crippen MR) is 81.1 cm³/mol. The summed E-state index contributed by atoms with van der Waals surface area (Å²) in [6, 6.07) is 2.54. The second-order valence-corrected chi connectivity index (χ2v) is 6.77. The molecule has 1 aromatic carbocycles. The Morgan fingerprint density at radius 3 is 2.50 bits per heavy atom. The van der Waals surface area contributed by atoms with Crippen molar-refractivity contribution < 1.29 is 13.5 Å². The van der Waals surface area contributed by atoms with Crippen LogP contribution in [0.25, 0.3) is 0 Å². The molecule has 0 bridgehead atoms. The molecule has 1 atom stereocenters. The molecular formula is C15H22BrF2NO. The zero-order chi connectivity index (χ0) is 15.3. The lowest BCUT2D eigenvalue weighted by atomic mass is 10.1. The lowest BCUT2D eigenvalue weighted by Crippen LogP contribution is -2.42. The monoisotopic (exact) mass is 349 g/mol. The lowest BCUT2D eigenvalue weighted by molar-refractivity contribution is 0.166. The van der Waals surface area contributed by atoms with Crippen molar-refractivity contribution in [3.63, 3.8) is 0 Å². The van der Waals surface area contributed by atoms with Gasteiger partial charge in [-0.25, -0.2) is 4.39 Å². The molecule has 0 aliphatic heterocycles. The minimum absolute atomic E-state index is 0.0452. The van der Waals surface area contributed by atoms with Crippen LogP contribution < -0.4 is 10.1 Å². The van der Waals surface area contributed by atoms with Gasteiger partial charge in [-0.1, -0.05) is 29.3 Å². The molecule has 20 heavy (non-hydrogen) atoms. The molecule has 1 N–H and O–H groups in total. The van der Waals surface area contributed by atoms with Crippen molar-refractivity contribution in [3.8, 4) is 5.75 Å². The summed E-state index contributed by atoms with van der Waals surface area (Å²) in [4.78, 5) is 0. The van der Waals surface area contributed by atoms with Crippen molar-refractivity contribution in [2.24, 2.45) is 0 Å². The molecule has 5 heteroatoms. The topological polar surface area (TPSA) is 21.3 Å². The van der Waals surface area contributed by atoms with Gasteiger partial charge in [0.25, 0.3) is 0 Å². The molecule has 1 unspecified atom stereocenters. The largest absolute Gasteiger partial charge is 0.486 e. The van der Waals surface area contributed by atoms with Gasteiger partial charge in [-0.15, -0.1) is 0 Å². The van der Waals surface area contributed by atoms with Crippen molar-refractivity contribution in [1.29, 1.82) is 0 Å². The summed E-state index contributed by atoms with van der Waals surface area (Å²) in [7, 11) is 0. The van der Waals surface area contributed by atoms with Crippen LogP contribution >= 0.6 is 15.9 Å². The van der Waals surface area contributed by atoms with Crippen LogP contribution in [0.15, 0.2) is 16.6 Å². The molecule has 0 aliphatic rings. The number of halogens is 3. The van der Waals surface area contributed by atoms with E-state index in [2.05, 4.69) is 42.0 Å². The molecule has 0 spiro atoms. The Kier molecular flexibility index (Phi) is 6.40. The van der Waals surface area contributed by atoms with Gasteiger partial charge in [-0.2, -0.15) is 4.39 Å². The average Bonchev–Trinajstić information content (AvgIpc) is 2.31. The smallest absolute Gasteiger partial charge is 0.200 e. The summed E-state index contributed by atoms with van der Waals surface area (Å²) in [5.41, 5.74) is -0.0452. The Morgan fingerprint density at radius 2 is 1.95 bits per heavy atom. The lowest BCUT2D eigenvalue weighted by Gasteiger charge is -2.26. The molecule has 1 aromatic rings. The van der Waals surface area contributed by atoms with Crippen LogP contribution in [0.2, 0.25) is 0 Å². The van der Waals surface area contributed by atoms with Gasteiger partial charge >= 0.3 is 0 Å². The first-order valence-electron chi connectivity index (χ1n) is 6.79. The highest BCUT2D eigenvalue weighted by Gasteiger charge is 2.18. The van der Waals surface area contributed by atoms with Gasteiger partial charge in [0.15, 0.2) is 11.6 Å². The van der Waals surface area contributed by atoms with E-state index in [1.807, 2.05) is 6.92 Å². The second kappa shape index (κ2) is 7.36. The number of ether oxygens (including phenoxy) is 1. The maximum Gasteiger partial charge on any atom is 0.200 e. The van der Waals surface area contributed by atoms with Crippen LogP contribution in [0.4, 0.5) is 8.78 Å². The van der Waals surface area contributed by atoms with Crippen molar-refractivity contribution >= 4 is 15.9 Å². The van der Waals surface area contributed by atoms with E-state index in [1.54, 1.807) is 0 Å². The number of rotatable bonds is 6. The third kappa shape index (κ3) is 5.75. The van der Waals surface area contributed by atoms with E-state index in [0.29, 0.717) is 11.0 Å². The van der Waals surface area contributed by atoms with Crippen molar-refractivity contribution in [1.82, 2.24) is 5.32 Å². The van der Waals surface area contributed by atoms with Crippen LogP contribution in [0.1, 0.15) is 40.5 Å². The Bertz CT molecular complexity index is 446. The van der Waals surface area contributed by atoms with Crippen LogP contribution in [0, 0.1) is 11.6 Å². The molecule has 0 heterocycles. The molecule has 0 saturated heterocycles. The van der Waals surface area contributed by atoms with E-state index in [0.717, 1.165) is 18.9 Å². The van der Waals surface area contributed by atoms with Crippen LogP contribution in [0.3, 0.4) is 0 Å². The first-order valence-corrected chi connectivity index (χ1v) is 7.58. The maximum absolute atomic E-state index is 13.7. The van der Waals surface area contributed by atoms with E-state index in [-0.39, 0.29) is 17.4 Å². The van der Waals surface area contributed by atoms with E-state index in [9.17, 15) is 8.78 Å². The molecule has 0 amide bonds. The highest BCUT2D eigenvalue weighted by Crippen LogP contribution is 2.26. The normalized spacial score (nSPS) is 13.3. The van der Waals surface area contributed by atoms with Gasteiger partial charge in [0.2, 0.25) is 5.82 Å². The molecule has 0 aliphatic carbocycles. The second-order valence-electron chi connectivity index (χ2n) is 5.86. The summed E-state index contributed by atoms with van der Waals surface area (Å²) in [5.74, 6) is -1.90. The molecule has 0 radical (unpaired) electrons. The van der Waals surface area contributed by atoms with Gasteiger partial charge < -0.3 is 10.1 Å². The molecule has 114 valence electrons. The highest BCUT2D eigenvalue weighted by molar-refractivity contribution is 9.10. The molecular weight excluding hydrogens is 328 g/mol. The fourth-order valence-corrected chi connectivity index (χ4v) is 2.15. The van der Waals surface area contributed by atoms with Crippen LogP contribution in [-0.2, 0) is 0 Å². The van der Waals surface area contributed by atoms with Gasteiger partial charge in [0.05, 0.1) is 0 Å². The predicted octanol–water partition coefficient (Wildman–Crippen LogP) is 4.66. The summed E-state index contributed by atoms with van der Waals surface area (Å²) in [6.07, 6.45) is 1.49. The van der Waals surface area contributed by atoms with E-state index < -0.39 is 11.6 Å². The zero-order valence-electron chi connectivity index (χ0n) is 12.4.